The summed E-state index contributed by atoms with van der Waals surface area (Å²) in [5.41, 5.74) is 0. The molecule has 1 aliphatic carbocycles. The Balaban J connectivity index is 2.60. The van der Waals surface area contributed by atoms with Gasteiger partial charge < -0.3 is 0 Å². The van der Waals surface area contributed by atoms with Crippen molar-refractivity contribution in [1.29, 1.82) is 0 Å². The van der Waals surface area contributed by atoms with E-state index in [-0.39, 0.29) is 0 Å². The Morgan fingerprint density at radius 1 is 0.938 bits per heavy atom. The third-order valence-electron chi connectivity index (χ3n) is 4.45. The lowest BCUT2D eigenvalue weighted by molar-refractivity contribution is 0.226. The number of hydrogen-bond donors (Lipinski definition) is 0. The maximum Gasteiger partial charge on any atom is -0.0383 e. The Bertz CT molecular complexity index is 182. The van der Waals surface area contributed by atoms with Crippen molar-refractivity contribution in [3.8, 4) is 0 Å². The summed E-state index contributed by atoms with van der Waals surface area (Å²) in [7, 11) is 0. The molecule has 4 atom stereocenters. The molecule has 16 heavy (non-hydrogen) atoms. The summed E-state index contributed by atoms with van der Waals surface area (Å²) in [4.78, 5) is 0. The second-order valence-corrected chi connectivity index (χ2v) is 6.98. The van der Waals surface area contributed by atoms with Gasteiger partial charge >= 0.3 is 0 Å². The summed E-state index contributed by atoms with van der Waals surface area (Å²) >= 11 is 0. The second-order valence-electron chi connectivity index (χ2n) is 6.98. The van der Waals surface area contributed by atoms with Crippen molar-refractivity contribution < 1.29 is 0 Å². The molecular weight excluding hydrogens is 192 g/mol. The van der Waals surface area contributed by atoms with Crippen LogP contribution in [0.15, 0.2) is 0 Å². The molecule has 0 aromatic rings. The first-order valence-corrected chi connectivity index (χ1v) is 7.49. The van der Waals surface area contributed by atoms with E-state index in [2.05, 4.69) is 34.6 Å². The van der Waals surface area contributed by atoms with Crippen molar-refractivity contribution in [3.05, 3.63) is 0 Å². The molecule has 0 nitrogen and oxygen atoms in total. The van der Waals surface area contributed by atoms with Gasteiger partial charge in [0.15, 0.2) is 0 Å². The van der Waals surface area contributed by atoms with Crippen molar-refractivity contribution in [3.63, 3.8) is 0 Å². The molecule has 1 rings (SSSR count). The van der Waals surface area contributed by atoms with Crippen LogP contribution in [0.3, 0.4) is 0 Å². The first-order chi connectivity index (χ1) is 7.49. The Hall–Kier alpha value is 0. The van der Waals surface area contributed by atoms with E-state index < -0.39 is 0 Å². The molecule has 96 valence electrons. The van der Waals surface area contributed by atoms with E-state index in [1.807, 2.05) is 0 Å². The normalized spacial score (nSPS) is 37.9. The molecular formula is C16H32. The van der Waals surface area contributed by atoms with Crippen LogP contribution in [0, 0.1) is 29.6 Å². The molecule has 0 heterocycles. The van der Waals surface area contributed by atoms with Gasteiger partial charge in [0.25, 0.3) is 0 Å². The highest BCUT2D eigenvalue weighted by Gasteiger charge is 2.24. The highest BCUT2D eigenvalue weighted by molar-refractivity contribution is 4.75. The van der Waals surface area contributed by atoms with Gasteiger partial charge in [-0.25, -0.2) is 0 Å². The first kappa shape index (κ1) is 14.1. The van der Waals surface area contributed by atoms with Gasteiger partial charge in [0.1, 0.15) is 0 Å². The molecule has 0 spiro atoms. The zero-order valence-corrected chi connectivity index (χ0v) is 12.1. The van der Waals surface area contributed by atoms with Crippen molar-refractivity contribution in [2.24, 2.45) is 29.6 Å². The fourth-order valence-electron chi connectivity index (χ4n) is 3.56. The SMILES string of the molecule is CC(C)CC1CC(C)CCCC(C)CC1C. The van der Waals surface area contributed by atoms with E-state index in [0.717, 1.165) is 29.6 Å². The predicted molar refractivity (Wildman–Crippen MR) is 73.5 cm³/mol. The summed E-state index contributed by atoms with van der Waals surface area (Å²) in [5.74, 6) is 4.70. The van der Waals surface area contributed by atoms with Gasteiger partial charge in [-0.15, -0.1) is 0 Å². The maximum atomic E-state index is 2.50. The van der Waals surface area contributed by atoms with Crippen LogP contribution < -0.4 is 0 Å². The lowest BCUT2D eigenvalue weighted by Gasteiger charge is -2.28. The zero-order valence-electron chi connectivity index (χ0n) is 12.1. The van der Waals surface area contributed by atoms with Crippen molar-refractivity contribution in [1.82, 2.24) is 0 Å². The Morgan fingerprint density at radius 2 is 1.50 bits per heavy atom. The fourth-order valence-corrected chi connectivity index (χ4v) is 3.56. The molecule has 0 aromatic carbocycles. The average Bonchev–Trinajstić information content (AvgIpc) is 2.19. The molecule has 1 fully saturated rings. The van der Waals surface area contributed by atoms with Crippen LogP contribution >= 0.6 is 0 Å². The van der Waals surface area contributed by atoms with E-state index in [1.54, 1.807) is 0 Å². The summed E-state index contributed by atoms with van der Waals surface area (Å²) in [5, 5.41) is 0. The summed E-state index contributed by atoms with van der Waals surface area (Å²) in [6.45, 7) is 12.2. The maximum absolute atomic E-state index is 2.50. The lowest BCUT2D eigenvalue weighted by atomic mass is 9.78. The number of rotatable bonds is 2. The molecule has 0 amide bonds. The average molecular weight is 224 g/mol. The van der Waals surface area contributed by atoms with Gasteiger partial charge in [-0.1, -0.05) is 53.9 Å². The molecule has 0 radical (unpaired) electrons. The molecule has 4 unspecified atom stereocenters. The minimum absolute atomic E-state index is 0.871. The van der Waals surface area contributed by atoms with Gasteiger partial charge in [0.2, 0.25) is 0 Å². The Kier molecular flexibility index (Phi) is 5.86. The summed E-state index contributed by atoms with van der Waals surface area (Å²) < 4.78 is 0. The lowest BCUT2D eigenvalue weighted by Crippen LogP contribution is -2.18. The smallest absolute Gasteiger partial charge is 0.0383 e. The van der Waals surface area contributed by atoms with Crippen molar-refractivity contribution in [2.75, 3.05) is 0 Å². The van der Waals surface area contributed by atoms with Crippen LogP contribution in [0.1, 0.15) is 73.1 Å². The van der Waals surface area contributed by atoms with Gasteiger partial charge in [0, 0.05) is 0 Å². The molecule has 0 aromatic heterocycles. The highest BCUT2D eigenvalue weighted by atomic mass is 14.3. The van der Waals surface area contributed by atoms with Crippen LogP contribution in [0.4, 0.5) is 0 Å². The van der Waals surface area contributed by atoms with E-state index in [4.69, 9.17) is 0 Å². The molecule has 0 saturated heterocycles. The zero-order chi connectivity index (χ0) is 12.1. The van der Waals surface area contributed by atoms with E-state index >= 15 is 0 Å². The van der Waals surface area contributed by atoms with Crippen LogP contribution in [-0.2, 0) is 0 Å². The molecule has 0 heteroatoms. The van der Waals surface area contributed by atoms with Gasteiger partial charge in [0.05, 0.1) is 0 Å². The van der Waals surface area contributed by atoms with Gasteiger partial charge in [-0.3, -0.25) is 0 Å². The third kappa shape index (κ3) is 4.89. The van der Waals surface area contributed by atoms with Crippen LogP contribution in [0.2, 0.25) is 0 Å². The molecule has 1 aliphatic rings. The first-order valence-electron chi connectivity index (χ1n) is 7.49. The minimum Gasteiger partial charge on any atom is -0.0628 e. The van der Waals surface area contributed by atoms with Gasteiger partial charge in [-0.2, -0.15) is 0 Å². The fraction of sp³-hybridized carbons (Fsp3) is 1.00. The minimum atomic E-state index is 0.871. The van der Waals surface area contributed by atoms with Crippen LogP contribution in [0.5, 0.6) is 0 Å². The summed E-state index contributed by atoms with van der Waals surface area (Å²) in [6.07, 6.45) is 8.77. The van der Waals surface area contributed by atoms with E-state index in [0.29, 0.717) is 0 Å². The highest BCUT2D eigenvalue weighted by Crippen LogP contribution is 2.35. The van der Waals surface area contributed by atoms with Crippen molar-refractivity contribution in [2.45, 2.75) is 73.1 Å². The van der Waals surface area contributed by atoms with Crippen LogP contribution in [0.25, 0.3) is 0 Å². The van der Waals surface area contributed by atoms with E-state index in [1.165, 1.54) is 38.5 Å². The standard InChI is InChI=1S/C16H32/c1-12(2)9-16-11-14(4)8-6-7-13(3)10-15(16)5/h12-16H,6-11H2,1-5H3. The van der Waals surface area contributed by atoms with Gasteiger partial charge in [-0.05, 0) is 48.9 Å². The third-order valence-corrected chi connectivity index (χ3v) is 4.45. The Morgan fingerprint density at radius 3 is 2.06 bits per heavy atom. The quantitative estimate of drug-likeness (QED) is 0.579. The molecule has 0 N–H and O–H groups in total. The van der Waals surface area contributed by atoms with Crippen molar-refractivity contribution >= 4 is 0 Å². The second kappa shape index (κ2) is 6.67. The largest absolute Gasteiger partial charge is 0.0628 e. The Labute approximate surface area is 103 Å². The molecule has 0 aliphatic heterocycles. The van der Waals surface area contributed by atoms with E-state index in [9.17, 15) is 0 Å². The number of hydrogen-bond acceptors (Lipinski definition) is 0. The predicted octanol–water partition coefficient (Wildman–Crippen LogP) is 5.52. The summed E-state index contributed by atoms with van der Waals surface area (Å²) in [6, 6.07) is 0. The monoisotopic (exact) mass is 224 g/mol. The molecule has 1 saturated carbocycles. The van der Waals surface area contributed by atoms with Crippen LogP contribution in [-0.4, -0.2) is 0 Å². The molecule has 0 bridgehead atoms. The topological polar surface area (TPSA) is 0 Å².